The molecule has 0 spiro atoms. The van der Waals surface area contributed by atoms with Crippen LogP contribution in [0.2, 0.25) is 0 Å². The van der Waals surface area contributed by atoms with E-state index in [1.54, 1.807) is 12.3 Å². The van der Waals surface area contributed by atoms with Crippen LogP contribution < -0.4 is 10.2 Å². The van der Waals surface area contributed by atoms with Crippen LogP contribution in [-0.2, 0) is 13.0 Å². The molecule has 0 atom stereocenters. The fraction of sp³-hybridized carbons (Fsp3) is 0.167. The Labute approximate surface area is 174 Å². The summed E-state index contributed by atoms with van der Waals surface area (Å²) in [5.41, 5.74) is 5.18. The van der Waals surface area contributed by atoms with E-state index in [1.807, 2.05) is 37.3 Å². The lowest BCUT2D eigenvalue weighted by Crippen LogP contribution is -2.32. The highest BCUT2D eigenvalue weighted by Gasteiger charge is 2.20. The lowest BCUT2D eigenvalue weighted by molar-refractivity contribution is 0.102. The summed E-state index contributed by atoms with van der Waals surface area (Å²) < 4.78 is 0. The van der Waals surface area contributed by atoms with Gasteiger partial charge in [0, 0.05) is 30.4 Å². The molecule has 1 amide bonds. The second-order valence-corrected chi connectivity index (χ2v) is 7.47. The second kappa shape index (κ2) is 7.55. The van der Waals surface area contributed by atoms with Gasteiger partial charge in [0.15, 0.2) is 0 Å². The van der Waals surface area contributed by atoms with Crippen molar-refractivity contribution < 1.29 is 4.79 Å². The predicted octanol–water partition coefficient (Wildman–Crippen LogP) is 4.15. The van der Waals surface area contributed by atoms with E-state index in [4.69, 9.17) is 0 Å². The van der Waals surface area contributed by atoms with Gasteiger partial charge < -0.3 is 10.2 Å². The Hall–Kier alpha value is -3.80. The SMILES string of the molecule is Cc1cc(C(=O)Nc2cccc3cccnc23)nc(N2CCc3ccccc3C2)n1. The predicted molar refractivity (Wildman–Crippen MR) is 118 cm³/mol. The Balaban J connectivity index is 1.43. The van der Waals surface area contributed by atoms with Crippen LogP contribution >= 0.6 is 0 Å². The highest BCUT2D eigenvalue weighted by molar-refractivity contribution is 6.07. The first-order valence-corrected chi connectivity index (χ1v) is 10.00. The number of fused-ring (bicyclic) bond motifs is 2. The molecule has 6 heteroatoms. The summed E-state index contributed by atoms with van der Waals surface area (Å²) >= 11 is 0. The lowest BCUT2D eigenvalue weighted by Gasteiger charge is -2.29. The molecule has 1 aliphatic heterocycles. The first-order valence-electron chi connectivity index (χ1n) is 10.00. The number of aromatic nitrogens is 3. The molecule has 5 rings (SSSR count). The zero-order chi connectivity index (χ0) is 20.5. The van der Waals surface area contributed by atoms with Crippen molar-refractivity contribution in [1.29, 1.82) is 0 Å². The van der Waals surface area contributed by atoms with Crippen molar-refractivity contribution in [2.45, 2.75) is 19.9 Å². The number of amides is 1. The standard InChI is InChI=1S/C24H21N5O/c1-16-14-21(23(30)27-20-10-4-8-18-9-5-12-25-22(18)20)28-24(26-16)29-13-11-17-6-2-3-7-19(17)15-29/h2-10,12,14H,11,13,15H2,1H3,(H,27,30). The van der Waals surface area contributed by atoms with Gasteiger partial charge in [0.25, 0.3) is 5.91 Å². The van der Waals surface area contributed by atoms with Gasteiger partial charge in [-0.05, 0) is 42.7 Å². The third kappa shape index (κ3) is 3.48. The van der Waals surface area contributed by atoms with Gasteiger partial charge in [-0.25, -0.2) is 9.97 Å². The second-order valence-electron chi connectivity index (χ2n) is 7.47. The topological polar surface area (TPSA) is 71.0 Å². The number of hydrogen-bond acceptors (Lipinski definition) is 5. The van der Waals surface area contributed by atoms with Gasteiger partial charge in [-0.1, -0.05) is 42.5 Å². The Morgan fingerprint density at radius 2 is 1.83 bits per heavy atom. The number of pyridine rings is 1. The number of benzene rings is 2. The number of rotatable bonds is 3. The summed E-state index contributed by atoms with van der Waals surface area (Å²) in [6, 6.07) is 19.7. The molecule has 0 unspecified atom stereocenters. The van der Waals surface area contributed by atoms with Crippen molar-refractivity contribution in [1.82, 2.24) is 15.0 Å². The monoisotopic (exact) mass is 395 g/mol. The number of nitrogens with zero attached hydrogens (tertiary/aromatic N) is 4. The van der Waals surface area contributed by atoms with E-state index in [1.165, 1.54) is 11.1 Å². The minimum atomic E-state index is -0.266. The molecule has 2 aromatic carbocycles. The Morgan fingerprint density at radius 1 is 1.00 bits per heavy atom. The number of para-hydroxylation sites is 1. The van der Waals surface area contributed by atoms with Crippen molar-refractivity contribution in [2.75, 3.05) is 16.8 Å². The van der Waals surface area contributed by atoms with Crippen LogP contribution in [0.3, 0.4) is 0 Å². The average molecular weight is 395 g/mol. The fourth-order valence-electron chi connectivity index (χ4n) is 3.87. The highest BCUT2D eigenvalue weighted by atomic mass is 16.1. The molecule has 0 fully saturated rings. The van der Waals surface area contributed by atoms with Crippen LogP contribution in [-0.4, -0.2) is 27.4 Å². The number of aryl methyl sites for hydroxylation is 1. The number of anilines is 2. The van der Waals surface area contributed by atoms with E-state index in [2.05, 4.69) is 49.4 Å². The number of nitrogens with one attached hydrogen (secondary N) is 1. The van der Waals surface area contributed by atoms with Crippen molar-refractivity contribution in [3.63, 3.8) is 0 Å². The molecule has 0 aliphatic carbocycles. The van der Waals surface area contributed by atoms with Crippen LogP contribution in [0.4, 0.5) is 11.6 Å². The zero-order valence-electron chi connectivity index (χ0n) is 16.7. The smallest absolute Gasteiger partial charge is 0.274 e. The summed E-state index contributed by atoms with van der Waals surface area (Å²) in [4.78, 5) is 28.7. The highest BCUT2D eigenvalue weighted by Crippen LogP contribution is 2.24. The summed E-state index contributed by atoms with van der Waals surface area (Å²) in [6.45, 7) is 3.46. The molecular formula is C24H21N5O. The molecule has 30 heavy (non-hydrogen) atoms. The normalized spacial score (nSPS) is 13.2. The fourth-order valence-corrected chi connectivity index (χ4v) is 3.87. The summed E-state index contributed by atoms with van der Waals surface area (Å²) in [5, 5.41) is 3.94. The van der Waals surface area contributed by atoms with E-state index < -0.39 is 0 Å². The van der Waals surface area contributed by atoms with Crippen molar-refractivity contribution in [3.05, 3.63) is 89.4 Å². The number of carbonyl (C=O) groups is 1. The minimum Gasteiger partial charge on any atom is -0.336 e. The lowest BCUT2D eigenvalue weighted by atomic mass is 10.0. The van der Waals surface area contributed by atoms with Gasteiger partial charge in [0.05, 0.1) is 11.2 Å². The van der Waals surface area contributed by atoms with E-state index in [9.17, 15) is 4.79 Å². The van der Waals surface area contributed by atoms with Gasteiger partial charge in [0.2, 0.25) is 5.95 Å². The van der Waals surface area contributed by atoms with Crippen LogP contribution in [0.5, 0.6) is 0 Å². The number of hydrogen-bond donors (Lipinski definition) is 1. The molecule has 6 nitrogen and oxygen atoms in total. The minimum absolute atomic E-state index is 0.266. The molecule has 4 aromatic rings. The van der Waals surface area contributed by atoms with Gasteiger partial charge >= 0.3 is 0 Å². The molecular weight excluding hydrogens is 374 g/mol. The van der Waals surface area contributed by atoms with Gasteiger partial charge in [0.1, 0.15) is 5.69 Å². The van der Waals surface area contributed by atoms with E-state index in [-0.39, 0.29) is 5.91 Å². The third-order valence-electron chi connectivity index (χ3n) is 5.37. The molecule has 1 aliphatic rings. The van der Waals surface area contributed by atoms with Crippen molar-refractivity contribution in [3.8, 4) is 0 Å². The van der Waals surface area contributed by atoms with E-state index in [0.29, 0.717) is 17.3 Å². The maximum Gasteiger partial charge on any atom is 0.274 e. The molecule has 3 heterocycles. The van der Waals surface area contributed by atoms with E-state index in [0.717, 1.165) is 36.1 Å². The molecule has 0 saturated carbocycles. The van der Waals surface area contributed by atoms with E-state index >= 15 is 0 Å². The first-order chi connectivity index (χ1) is 14.7. The quantitative estimate of drug-likeness (QED) is 0.564. The Kier molecular flexibility index (Phi) is 4.59. The summed E-state index contributed by atoms with van der Waals surface area (Å²) in [7, 11) is 0. The van der Waals surface area contributed by atoms with Gasteiger partial charge in [-0.2, -0.15) is 0 Å². The molecule has 0 bridgehead atoms. The summed E-state index contributed by atoms with van der Waals surface area (Å²) in [6.07, 6.45) is 2.66. The van der Waals surface area contributed by atoms with Crippen LogP contribution in [0, 0.1) is 6.92 Å². The van der Waals surface area contributed by atoms with Crippen LogP contribution in [0.1, 0.15) is 27.3 Å². The Morgan fingerprint density at radius 3 is 2.73 bits per heavy atom. The maximum absolute atomic E-state index is 13.0. The third-order valence-corrected chi connectivity index (χ3v) is 5.37. The van der Waals surface area contributed by atoms with Crippen LogP contribution in [0.15, 0.2) is 66.9 Å². The van der Waals surface area contributed by atoms with Crippen LogP contribution in [0.25, 0.3) is 10.9 Å². The first kappa shape index (κ1) is 18.2. The van der Waals surface area contributed by atoms with Crippen molar-refractivity contribution >= 4 is 28.4 Å². The molecule has 1 N–H and O–H groups in total. The van der Waals surface area contributed by atoms with Crippen molar-refractivity contribution in [2.24, 2.45) is 0 Å². The summed E-state index contributed by atoms with van der Waals surface area (Å²) in [5.74, 6) is 0.322. The molecule has 0 saturated heterocycles. The van der Waals surface area contributed by atoms with Gasteiger partial charge in [-0.3, -0.25) is 9.78 Å². The maximum atomic E-state index is 13.0. The molecule has 148 valence electrons. The average Bonchev–Trinajstić information content (AvgIpc) is 2.78. The zero-order valence-corrected chi connectivity index (χ0v) is 16.7. The largest absolute Gasteiger partial charge is 0.336 e. The van der Waals surface area contributed by atoms with Gasteiger partial charge in [-0.15, -0.1) is 0 Å². The molecule has 2 aromatic heterocycles. The molecule has 0 radical (unpaired) electrons. The Bertz CT molecular complexity index is 1250. The number of carbonyl (C=O) groups excluding carboxylic acids is 1.